The topological polar surface area (TPSA) is 68.0 Å². The highest BCUT2D eigenvalue weighted by atomic mass is 16.5. The lowest BCUT2D eigenvalue weighted by Gasteiger charge is -2.27. The average molecular weight is 235 g/mol. The van der Waals surface area contributed by atoms with Crippen molar-refractivity contribution in [3.8, 4) is 0 Å². The lowest BCUT2D eigenvalue weighted by Crippen LogP contribution is -2.46. The number of hydrogen-bond acceptors (Lipinski definition) is 4. The summed E-state index contributed by atoms with van der Waals surface area (Å²) in [4.78, 5) is 16.2. The zero-order chi connectivity index (χ0) is 12.0. The summed E-state index contributed by atoms with van der Waals surface area (Å²) in [5, 5.41) is 7.10. The van der Waals surface area contributed by atoms with Crippen molar-refractivity contribution in [1.82, 2.24) is 15.5 Å². The molecule has 3 rings (SSSR count). The van der Waals surface area contributed by atoms with E-state index in [1.165, 1.54) is 0 Å². The molecule has 1 aromatic rings. The van der Waals surface area contributed by atoms with Gasteiger partial charge in [-0.25, -0.2) is 0 Å². The molecule has 1 amide bonds. The molecule has 17 heavy (non-hydrogen) atoms. The first-order valence-corrected chi connectivity index (χ1v) is 6.22. The van der Waals surface area contributed by atoms with Crippen LogP contribution in [0.5, 0.6) is 0 Å². The van der Waals surface area contributed by atoms with Gasteiger partial charge in [-0.15, -0.1) is 0 Å². The van der Waals surface area contributed by atoms with E-state index in [0.29, 0.717) is 17.6 Å². The Balaban J connectivity index is 1.84. The summed E-state index contributed by atoms with van der Waals surface area (Å²) in [7, 11) is 0. The van der Waals surface area contributed by atoms with E-state index < -0.39 is 5.54 Å². The van der Waals surface area contributed by atoms with Gasteiger partial charge in [-0.1, -0.05) is 5.16 Å². The Kier molecular flexibility index (Phi) is 2.24. The van der Waals surface area contributed by atoms with Gasteiger partial charge in [0.25, 0.3) is 0 Å². The molecule has 0 aliphatic heterocycles. The molecule has 1 atom stereocenters. The van der Waals surface area contributed by atoms with Gasteiger partial charge in [0.05, 0.1) is 0 Å². The van der Waals surface area contributed by atoms with Gasteiger partial charge in [0, 0.05) is 12.8 Å². The number of amides is 1. The first kappa shape index (κ1) is 10.7. The van der Waals surface area contributed by atoms with Crippen molar-refractivity contribution in [2.24, 2.45) is 11.8 Å². The molecule has 92 valence electrons. The van der Waals surface area contributed by atoms with E-state index >= 15 is 0 Å². The molecule has 2 aliphatic rings. The number of rotatable bonds is 4. The van der Waals surface area contributed by atoms with Gasteiger partial charge < -0.3 is 9.84 Å². The van der Waals surface area contributed by atoms with Crippen LogP contribution in [0.1, 0.15) is 44.3 Å². The highest BCUT2D eigenvalue weighted by Crippen LogP contribution is 2.45. The van der Waals surface area contributed by atoms with Gasteiger partial charge in [-0.2, -0.15) is 4.98 Å². The molecule has 2 saturated carbocycles. The number of aryl methyl sites for hydroxylation is 1. The van der Waals surface area contributed by atoms with E-state index in [-0.39, 0.29) is 11.8 Å². The molecular weight excluding hydrogens is 218 g/mol. The predicted molar refractivity (Wildman–Crippen MR) is 60.0 cm³/mol. The second kappa shape index (κ2) is 3.55. The summed E-state index contributed by atoms with van der Waals surface area (Å²) >= 11 is 0. The van der Waals surface area contributed by atoms with Crippen LogP contribution in [-0.4, -0.2) is 16.0 Å². The van der Waals surface area contributed by atoms with Gasteiger partial charge in [-0.05, 0) is 38.5 Å². The van der Waals surface area contributed by atoms with Crippen LogP contribution in [0, 0.1) is 18.8 Å². The molecule has 0 aromatic carbocycles. The summed E-state index contributed by atoms with van der Waals surface area (Å²) in [6.45, 7) is 3.78. The summed E-state index contributed by atoms with van der Waals surface area (Å²) in [5.74, 6) is 1.96. The fourth-order valence-electron chi connectivity index (χ4n) is 2.21. The minimum absolute atomic E-state index is 0.141. The molecule has 5 nitrogen and oxygen atoms in total. The van der Waals surface area contributed by atoms with Crippen molar-refractivity contribution in [3.05, 3.63) is 11.7 Å². The molecule has 0 radical (unpaired) electrons. The van der Waals surface area contributed by atoms with Gasteiger partial charge in [-0.3, -0.25) is 4.79 Å². The van der Waals surface area contributed by atoms with E-state index in [0.717, 1.165) is 25.7 Å². The lowest BCUT2D eigenvalue weighted by molar-refractivity contribution is -0.124. The highest BCUT2D eigenvalue weighted by Gasteiger charge is 2.48. The van der Waals surface area contributed by atoms with E-state index in [1.54, 1.807) is 6.92 Å². The van der Waals surface area contributed by atoms with E-state index in [1.807, 2.05) is 6.92 Å². The fraction of sp³-hybridized carbons (Fsp3) is 0.750. The number of nitrogens with one attached hydrogen (secondary N) is 1. The SMILES string of the molecule is Cc1nc(C(C)(NC(=O)C2CC2)C2CC2)no1. The van der Waals surface area contributed by atoms with Crippen LogP contribution in [-0.2, 0) is 10.3 Å². The zero-order valence-corrected chi connectivity index (χ0v) is 10.2. The van der Waals surface area contributed by atoms with E-state index in [2.05, 4.69) is 15.5 Å². The van der Waals surface area contributed by atoms with Gasteiger partial charge in [0.15, 0.2) is 5.82 Å². The molecule has 2 aliphatic carbocycles. The number of carbonyl (C=O) groups is 1. The van der Waals surface area contributed by atoms with Crippen LogP contribution in [0.2, 0.25) is 0 Å². The predicted octanol–water partition coefficient (Wildman–Crippen LogP) is 1.53. The van der Waals surface area contributed by atoms with E-state index in [4.69, 9.17) is 4.52 Å². The summed E-state index contributed by atoms with van der Waals surface area (Å²) in [5.41, 5.74) is -0.447. The van der Waals surface area contributed by atoms with Gasteiger partial charge in [0.1, 0.15) is 5.54 Å². The Hall–Kier alpha value is -1.39. The second-order valence-electron chi connectivity index (χ2n) is 5.38. The number of carbonyl (C=O) groups excluding carboxylic acids is 1. The molecule has 0 bridgehead atoms. The van der Waals surface area contributed by atoms with Crippen molar-refractivity contribution < 1.29 is 9.32 Å². The Morgan fingerprint density at radius 2 is 2.12 bits per heavy atom. The minimum Gasteiger partial charge on any atom is -0.343 e. The molecule has 1 N–H and O–H groups in total. The van der Waals surface area contributed by atoms with Crippen LogP contribution in [0.15, 0.2) is 4.52 Å². The van der Waals surface area contributed by atoms with Crippen LogP contribution < -0.4 is 5.32 Å². The van der Waals surface area contributed by atoms with Crippen molar-refractivity contribution in [2.75, 3.05) is 0 Å². The molecule has 1 aromatic heterocycles. The monoisotopic (exact) mass is 235 g/mol. The van der Waals surface area contributed by atoms with Gasteiger partial charge >= 0.3 is 0 Å². The summed E-state index contributed by atoms with van der Waals surface area (Å²) < 4.78 is 5.03. The van der Waals surface area contributed by atoms with Crippen LogP contribution >= 0.6 is 0 Å². The van der Waals surface area contributed by atoms with Crippen LogP contribution in [0.3, 0.4) is 0 Å². The maximum Gasteiger partial charge on any atom is 0.223 e. The fourth-order valence-corrected chi connectivity index (χ4v) is 2.21. The smallest absolute Gasteiger partial charge is 0.223 e. The molecule has 2 fully saturated rings. The molecule has 1 unspecified atom stereocenters. The third kappa shape index (κ3) is 1.94. The van der Waals surface area contributed by atoms with Crippen molar-refractivity contribution >= 4 is 5.91 Å². The zero-order valence-electron chi connectivity index (χ0n) is 10.2. The van der Waals surface area contributed by atoms with Crippen LogP contribution in [0.4, 0.5) is 0 Å². The van der Waals surface area contributed by atoms with Crippen molar-refractivity contribution in [3.63, 3.8) is 0 Å². The quantitative estimate of drug-likeness (QED) is 0.859. The summed E-state index contributed by atoms with van der Waals surface area (Å²) in [6, 6.07) is 0. The lowest BCUT2D eigenvalue weighted by atomic mass is 9.94. The van der Waals surface area contributed by atoms with Crippen LogP contribution in [0.25, 0.3) is 0 Å². The standard InChI is InChI=1S/C12H17N3O2/c1-7-13-11(15-17-7)12(2,9-5-6-9)14-10(16)8-3-4-8/h8-9H,3-6H2,1-2H3,(H,14,16). The molecule has 0 saturated heterocycles. The molecular formula is C12H17N3O2. The maximum absolute atomic E-state index is 11.9. The third-order valence-electron chi connectivity index (χ3n) is 3.72. The number of aromatic nitrogens is 2. The highest BCUT2D eigenvalue weighted by molar-refractivity contribution is 5.81. The van der Waals surface area contributed by atoms with E-state index in [9.17, 15) is 4.79 Å². The minimum atomic E-state index is -0.447. The first-order valence-electron chi connectivity index (χ1n) is 6.22. The summed E-state index contributed by atoms with van der Waals surface area (Å²) in [6.07, 6.45) is 4.26. The normalized spacial score (nSPS) is 23.2. The Morgan fingerprint density at radius 3 is 2.59 bits per heavy atom. The number of hydrogen-bond donors (Lipinski definition) is 1. The largest absolute Gasteiger partial charge is 0.343 e. The third-order valence-corrected chi connectivity index (χ3v) is 3.72. The van der Waals surface area contributed by atoms with Gasteiger partial charge in [0.2, 0.25) is 11.8 Å². The molecule has 0 spiro atoms. The van der Waals surface area contributed by atoms with Crippen molar-refractivity contribution in [2.45, 2.75) is 45.1 Å². The number of nitrogens with zero attached hydrogens (tertiary/aromatic N) is 2. The Labute approximate surface area is 100.0 Å². The molecule has 5 heteroatoms. The Morgan fingerprint density at radius 1 is 1.41 bits per heavy atom. The molecule has 1 heterocycles. The Bertz CT molecular complexity index is 448. The van der Waals surface area contributed by atoms with Crippen molar-refractivity contribution in [1.29, 1.82) is 0 Å². The maximum atomic E-state index is 11.9. The second-order valence-corrected chi connectivity index (χ2v) is 5.38. The average Bonchev–Trinajstić information content (AvgIpc) is 3.14. The first-order chi connectivity index (χ1) is 8.09.